The normalized spacial score (nSPS) is 8.73. The van der Waals surface area contributed by atoms with Gasteiger partial charge < -0.3 is 19.2 Å². The zero-order valence-corrected chi connectivity index (χ0v) is 16.7. The second-order valence-corrected chi connectivity index (χ2v) is 4.14. The molecule has 0 fully saturated rings. The quantitative estimate of drug-likeness (QED) is 0.336. The Morgan fingerprint density at radius 3 is 2.14 bits per heavy atom. The maximum absolute atomic E-state index is 12.3. The van der Waals surface area contributed by atoms with Crippen LogP contribution < -0.4 is 64.8 Å². The molecule has 0 unspecified atom stereocenters. The zero-order chi connectivity index (χ0) is 13.8. The molecule has 7 heteroatoms. The minimum absolute atomic E-state index is 0. The number of hydrogen-bond donors (Lipinski definition) is 2. The Labute approximate surface area is 175 Å². The number of anilines is 1. The number of carbonyl (C=O) groups is 2. The Kier molecular flexibility index (Phi) is 11.8. The van der Waals surface area contributed by atoms with Gasteiger partial charge in [0.1, 0.15) is 0 Å². The third-order valence-corrected chi connectivity index (χ3v) is 2.82. The zero-order valence-electron chi connectivity index (χ0n) is 14.7. The van der Waals surface area contributed by atoms with Crippen LogP contribution in [0.3, 0.4) is 0 Å². The number of aliphatic carboxylic acids is 1. The van der Waals surface area contributed by atoms with Crippen LogP contribution in [-0.4, -0.2) is 22.3 Å². The van der Waals surface area contributed by atoms with Crippen molar-refractivity contribution in [3.63, 3.8) is 0 Å². The average molecular weight is 321 g/mol. The van der Waals surface area contributed by atoms with Gasteiger partial charge in [-0.25, -0.2) is 0 Å². The third-order valence-electron chi connectivity index (χ3n) is 2.82. The summed E-state index contributed by atoms with van der Waals surface area (Å²) < 4.78 is 0. The van der Waals surface area contributed by atoms with E-state index in [1.807, 2.05) is 6.07 Å². The molecule has 0 spiro atoms. The summed E-state index contributed by atoms with van der Waals surface area (Å²) in [5.74, 6) is -1.18. The Morgan fingerprint density at radius 2 is 1.59 bits per heavy atom. The molecule has 0 aromatic heterocycles. The molecule has 0 aliphatic rings. The molecular formula is C15H17NNa2O4. The van der Waals surface area contributed by atoms with Crippen LogP contribution in [0.4, 0.5) is 5.69 Å². The van der Waals surface area contributed by atoms with Gasteiger partial charge in [0.25, 0.3) is 0 Å². The Hall–Kier alpha value is -0.660. The molecule has 0 heterocycles. The first-order chi connectivity index (χ1) is 9.09. The maximum atomic E-state index is 12.3. The molecule has 2 aromatic carbocycles. The summed E-state index contributed by atoms with van der Waals surface area (Å²) in [4.78, 5) is 23.0. The summed E-state index contributed by atoms with van der Waals surface area (Å²) in [6.45, 7) is 0. The second kappa shape index (κ2) is 11.0. The van der Waals surface area contributed by atoms with Gasteiger partial charge in [-0.3, -0.25) is 9.59 Å². The van der Waals surface area contributed by atoms with Gasteiger partial charge in [0.05, 0.1) is 6.42 Å². The van der Waals surface area contributed by atoms with E-state index < -0.39 is 5.97 Å². The molecule has 0 aliphatic carbocycles. The van der Waals surface area contributed by atoms with Crippen molar-refractivity contribution >= 4 is 17.4 Å². The molecule has 0 atom stereocenters. The van der Waals surface area contributed by atoms with Crippen LogP contribution in [0.15, 0.2) is 48.5 Å². The van der Waals surface area contributed by atoms with E-state index in [1.165, 1.54) is 0 Å². The smallest absolute Gasteiger partial charge is 1.00 e. The van der Waals surface area contributed by atoms with Gasteiger partial charge in [-0.1, -0.05) is 42.5 Å². The van der Waals surface area contributed by atoms with E-state index in [1.54, 1.807) is 42.5 Å². The SMILES string of the molecule is Nc1c(CC(=O)O)cccc1C(=O)c1ccccc1.O.[H-].[H-].[Na+].[Na+]. The van der Waals surface area contributed by atoms with E-state index in [2.05, 4.69) is 0 Å². The number of rotatable bonds is 4. The maximum Gasteiger partial charge on any atom is 1.00 e. The largest absolute Gasteiger partial charge is 1.00 e. The molecule has 5 N–H and O–H groups in total. The average Bonchev–Trinajstić information content (AvgIpc) is 2.41. The van der Waals surface area contributed by atoms with Crippen LogP contribution in [-0.2, 0) is 11.2 Å². The van der Waals surface area contributed by atoms with Gasteiger partial charge in [0.15, 0.2) is 5.78 Å². The summed E-state index contributed by atoms with van der Waals surface area (Å²) in [5.41, 5.74) is 7.44. The van der Waals surface area contributed by atoms with Gasteiger partial charge in [-0.05, 0) is 11.6 Å². The van der Waals surface area contributed by atoms with E-state index >= 15 is 0 Å². The molecule has 5 nitrogen and oxygen atoms in total. The molecular weight excluding hydrogens is 304 g/mol. The van der Waals surface area contributed by atoms with Crippen molar-refractivity contribution in [1.29, 1.82) is 0 Å². The van der Waals surface area contributed by atoms with Crippen molar-refractivity contribution in [3.8, 4) is 0 Å². The monoisotopic (exact) mass is 321 g/mol. The van der Waals surface area contributed by atoms with E-state index in [0.29, 0.717) is 16.7 Å². The summed E-state index contributed by atoms with van der Waals surface area (Å²) >= 11 is 0. The fraction of sp³-hybridized carbons (Fsp3) is 0.0667. The molecule has 0 radical (unpaired) electrons. The number of para-hydroxylation sites is 1. The van der Waals surface area contributed by atoms with Crippen molar-refractivity contribution in [2.24, 2.45) is 0 Å². The van der Waals surface area contributed by atoms with Crippen LogP contribution in [0.1, 0.15) is 24.3 Å². The minimum atomic E-state index is -0.976. The standard InChI is InChI=1S/C15H13NO3.2Na.H2O.2H/c16-14-11(9-13(17)18)7-4-8-12(14)15(19)10-5-2-1-3-6-10;;;;;/h1-8H,9,16H2,(H,17,18);;;1H2;;/q;2*+1;;2*-1. The Bertz CT molecular complexity index is 643. The van der Waals surface area contributed by atoms with Gasteiger partial charge in [-0.2, -0.15) is 0 Å². The molecule has 0 aliphatic heterocycles. The number of nitrogen functional groups attached to an aromatic ring is 1. The van der Waals surface area contributed by atoms with Crippen LogP contribution in [0, 0.1) is 0 Å². The van der Waals surface area contributed by atoms with E-state index in [-0.39, 0.29) is 85.3 Å². The molecule has 108 valence electrons. The summed E-state index contributed by atoms with van der Waals surface area (Å²) in [6.07, 6.45) is -0.193. The van der Waals surface area contributed by atoms with E-state index in [9.17, 15) is 9.59 Å². The summed E-state index contributed by atoms with van der Waals surface area (Å²) in [7, 11) is 0. The van der Waals surface area contributed by atoms with E-state index in [4.69, 9.17) is 10.8 Å². The number of benzene rings is 2. The molecule has 2 aromatic rings. The van der Waals surface area contributed by atoms with Crippen LogP contribution in [0.25, 0.3) is 0 Å². The van der Waals surface area contributed by atoms with Gasteiger partial charge in [0, 0.05) is 16.8 Å². The minimum Gasteiger partial charge on any atom is -1.00 e. The van der Waals surface area contributed by atoms with Crippen molar-refractivity contribution in [2.75, 3.05) is 5.73 Å². The van der Waals surface area contributed by atoms with Crippen LogP contribution in [0.5, 0.6) is 0 Å². The fourth-order valence-electron chi connectivity index (χ4n) is 1.87. The predicted molar refractivity (Wildman–Crippen MR) is 77.9 cm³/mol. The number of ketones is 1. The fourth-order valence-corrected chi connectivity index (χ4v) is 1.87. The molecule has 22 heavy (non-hydrogen) atoms. The van der Waals surface area contributed by atoms with Gasteiger partial charge >= 0.3 is 65.1 Å². The van der Waals surface area contributed by atoms with Crippen molar-refractivity contribution in [3.05, 3.63) is 65.2 Å². The van der Waals surface area contributed by atoms with Gasteiger partial charge in [-0.15, -0.1) is 0 Å². The van der Waals surface area contributed by atoms with Gasteiger partial charge in [0.2, 0.25) is 0 Å². The molecule has 0 amide bonds. The van der Waals surface area contributed by atoms with E-state index in [0.717, 1.165) is 0 Å². The summed E-state index contributed by atoms with van der Waals surface area (Å²) in [6, 6.07) is 13.6. The van der Waals surface area contributed by atoms with Crippen molar-refractivity contribution in [1.82, 2.24) is 0 Å². The Balaban J connectivity index is -0.000000400. The Morgan fingerprint density at radius 1 is 1.00 bits per heavy atom. The van der Waals surface area contributed by atoms with Crippen LogP contribution >= 0.6 is 0 Å². The number of carbonyl (C=O) groups excluding carboxylic acids is 1. The first-order valence-electron chi connectivity index (χ1n) is 5.78. The number of nitrogens with two attached hydrogens (primary N) is 1. The van der Waals surface area contributed by atoms with Crippen molar-refractivity contribution < 1.29 is 82.1 Å². The molecule has 0 saturated carbocycles. The first-order valence-corrected chi connectivity index (χ1v) is 5.78. The third kappa shape index (κ3) is 5.85. The number of carboxylic acid groups (broad SMARTS) is 1. The molecule has 2 rings (SSSR count). The molecule has 0 bridgehead atoms. The first kappa shape index (κ1) is 23.6. The topological polar surface area (TPSA) is 112 Å². The second-order valence-electron chi connectivity index (χ2n) is 4.14. The molecule has 0 saturated heterocycles. The van der Waals surface area contributed by atoms with Crippen LogP contribution in [0.2, 0.25) is 0 Å². The van der Waals surface area contributed by atoms with Crippen molar-refractivity contribution in [2.45, 2.75) is 6.42 Å². The predicted octanol–water partition coefficient (Wildman–Crippen LogP) is -4.46. The summed E-state index contributed by atoms with van der Waals surface area (Å²) in [5, 5.41) is 8.80. The number of hydrogen-bond acceptors (Lipinski definition) is 3. The number of carboxylic acids is 1.